The molecule has 0 bridgehead atoms. The van der Waals surface area contributed by atoms with Gasteiger partial charge in [0, 0.05) is 71.3 Å². The van der Waals surface area contributed by atoms with E-state index in [4.69, 9.17) is 21.1 Å². The lowest BCUT2D eigenvalue weighted by Crippen LogP contribution is -2.59. The standard InChI is InChI=1S/C28H52N2O4.C17H18ClN3O/c1-25(2)17-21(18-26(3,4)29-25)33-23(31)15-13-11-9-10-12-14-16-24(32)34-22-19-27(5,6)30-28(7,8)20-22;1-10-7-12(17(2,3)4)16(22)15(8-10)21-19-13-6-5-11(18)9-14(13)20-21/h21-22,29-30H,9-20H2,1-8H3;5-9,22H,1-4H3. The molecule has 3 aromatic rings. The van der Waals surface area contributed by atoms with Crippen LogP contribution >= 0.6 is 11.6 Å². The number of aromatic hydroxyl groups is 1. The molecule has 10 nitrogen and oxygen atoms in total. The quantitative estimate of drug-likeness (QED) is 0.121. The predicted molar refractivity (Wildman–Crippen MR) is 227 cm³/mol. The van der Waals surface area contributed by atoms with Crippen LogP contribution in [-0.2, 0) is 24.5 Å². The van der Waals surface area contributed by atoms with E-state index in [1.54, 1.807) is 12.1 Å². The van der Waals surface area contributed by atoms with Gasteiger partial charge >= 0.3 is 11.9 Å². The molecular formula is C45H70ClN5O5. The van der Waals surface area contributed by atoms with Gasteiger partial charge in [0.25, 0.3) is 0 Å². The summed E-state index contributed by atoms with van der Waals surface area (Å²) in [6.07, 6.45) is 10.4. The predicted octanol–water partition coefficient (Wildman–Crippen LogP) is 10.2. The number of halogens is 1. The minimum Gasteiger partial charge on any atom is -0.505 e. The number of piperidine rings is 2. The van der Waals surface area contributed by atoms with Crippen LogP contribution in [0.15, 0.2) is 30.3 Å². The largest absolute Gasteiger partial charge is 0.505 e. The molecule has 0 amide bonds. The normalized spacial score (nSPS) is 19.2. The molecule has 1 aromatic heterocycles. The van der Waals surface area contributed by atoms with Gasteiger partial charge in [0.2, 0.25) is 0 Å². The highest BCUT2D eigenvalue weighted by molar-refractivity contribution is 6.31. The average Bonchev–Trinajstić information content (AvgIpc) is 3.43. The lowest BCUT2D eigenvalue weighted by Gasteiger charge is -2.46. The SMILES string of the molecule is CC1(C)CC(OC(=O)CCCCCCCCC(=O)OC2CC(C)(C)NC(C)(C)C2)CC(C)(C)N1.Cc1cc(-n2nc3ccc(Cl)cc3n2)c(O)c(C(C)(C)C)c1. The van der Waals surface area contributed by atoms with Crippen LogP contribution in [-0.4, -0.2) is 66.4 Å². The van der Waals surface area contributed by atoms with Crippen LogP contribution < -0.4 is 10.6 Å². The highest BCUT2D eigenvalue weighted by Gasteiger charge is 2.40. The monoisotopic (exact) mass is 796 g/mol. The summed E-state index contributed by atoms with van der Waals surface area (Å²) in [4.78, 5) is 26.0. The second kappa shape index (κ2) is 18.2. The van der Waals surface area contributed by atoms with Gasteiger partial charge in [0.05, 0.1) is 0 Å². The van der Waals surface area contributed by atoms with E-state index in [1.165, 1.54) is 4.80 Å². The van der Waals surface area contributed by atoms with E-state index in [9.17, 15) is 14.7 Å². The molecule has 2 aliphatic rings. The number of phenolic OH excluding ortho intramolecular Hbond substituents is 1. The molecule has 2 fully saturated rings. The summed E-state index contributed by atoms with van der Waals surface area (Å²) >= 11 is 5.99. The molecule has 56 heavy (non-hydrogen) atoms. The number of rotatable bonds is 12. The van der Waals surface area contributed by atoms with Gasteiger partial charge in [-0.15, -0.1) is 15.0 Å². The van der Waals surface area contributed by atoms with Crippen molar-refractivity contribution in [2.24, 2.45) is 0 Å². The van der Waals surface area contributed by atoms with Gasteiger partial charge in [-0.2, -0.15) is 0 Å². The fourth-order valence-corrected chi connectivity index (χ4v) is 9.00. The molecule has 0 unspecified atom stereocenters. The number of unbranched alkanes of at least 4 members (excludes halogenated alkanes) is 5. The number of hydrogen-bond acceptors (Lipinski definition) is 9. The lowest BCUT2D eigenvalue weighted by atomic mass is 9.81. The molecule has 0 radical (unpaired) electrons. The zero-order valence-electron chi connectivity index (χ0n) is 36.3. The number of aromatic nitrogens is 3. The topological polar surface area (TPSA) is 128 Å². The first-order chi connectivity index (χ1) is 25.8. The van der Waals surface area contributed by atoms with Gasteiger partial charge in [0.1, 0.15) is 34.7 Å². The van der Waals surface area contributed by atoms with Crippen molar-refractivity contribution in [3.8, 4) is 11.4 Å². The van der Waals surface area contributed by atoms with Crippen molar-refractivity contribution in [2.75, 3.05) is 0 Å². The van der Waals surface area contributed by atoms with Crippen molar-refractivity contribution in [1.29, 1.82) is 0 Å². The molecule has 0 aliphatic carbocycles. The third-order valence-electron chi connectivity index (χ3n) is 10.5. The van der Waals surface area contributed by atoms with Crippen molar-refractivity contribution in [1.82, 2.24) is 25.6 Å². The summed E-state index contributed by atoms with van der Waals surface area (Å²) in [7, 11) is 0. The summed E-state index contributed by atoms with van der Waals surface area (Å²) in [5.41, 5.74) is 3.73. The fourth-order valence-electron chi connectivity index (χ4n) is 8.84. The number of aryl methyl sites for hydroxylation is 1. The van der Waals surface area contributed by atoms with E-state index in [0.29, 0.717) is 29.1 Å². The fraction of sp³-hybridized carbons (Fsp3) is 0.689. The minimum atomic E-state index is -0.166. The zero-order valence-corrected chi connectivity index (χ0v) is 37.1. The highest BCUT2D eigenvalue weighted by Crippen LogP contribution is 2.36. The van der Waals surface area contributed by atoms with Crippen molar-refractivity contribution < 1.29 is 24.2 Å². The van der Waals surface area contributed by atoms with Crippen LogP contribution in [0.2, 0.25) is 5.02 Å². The molecule has 0 spiro atoms. The lowest BCUT2D eigenvalue weighted by molar-refractivity contribution is -0.154. The maximum absolute atomic E-state index is 12.3. The molecule has 3 N–H and O–H groups in total. The molecule has 11 heteroatoms. The molecule has 3 heterocycles. The van der Waals surface area contributed by atoms with Crippen molar-refractivity contribution in [2.45, 2.75) is 200 Å². The number of carbonyl (C=O) groups is 2. The summed E-state index contributed by atoms with van der Waals surface area (Å²) in [5, 5.41) is 27.4. The van der Waals surface area contributed by atoms with E-state index in [1.807, 2.05) is 25.1 Å². The van der Waals surface area contributed by atoms with Gasteiger partial charge < -0.3 is 25.2 Å². The third kappa shape index (κ3) is 14.0. The molecule has 312 valence electrons. The summed E-state index contributed by atoms with van der Waals surface area (Å²) in [6, 6.07) is 9.24. The van der Waals surface area contributed by atoms with Crippen LogP contribution in [0.3, 0.4) is 0 Å². The Labute approximate surface area is 341 Å². The first-order valence-corrected chi connectivity index (χ1v) is 21.0. The molecule has 2 aromatic carbocycles. The number of nitrogens with zero attached hydrogens (tertiary/aromatic N) is 3. The van der Waals surface area contributed by atoms with Crippen molar-refractivity contribution >= 4 is 34.6 Å². The number of esters is 2. The first kappa shape index (κ1) is 45.5. The van der Waals surface area contributed by atoms with E-state index >= 15 is 0 Å². The molecular weight excluding hydrogens is 726 g/mol. The first-order valence-electron chi connectivity index (χ1n) is 20.7. The van der Waals surface area contributed by atoms with Gasteiger partial charge in [-0.3, -0.25) is 9.59 Å². The average molecular weight is 797 g/mol. The van der Waals surface area contributed by atoms with Gasteiger partial charge in [0.15, 0.2) is 0 Å². The zero-order chi connectivity index (χ0) is 41.7. The number of fused-ring (bicyclic) bond motifs is 1. The molecule has 2 saturated heterocycles. The van der Waals surface area contributed by atoms with E-state index in [0.717, 1.165) is 80.9 Å². The smallest absolute Gasteiger partial charge is 0.306 e. The van der Waals surface area contributed by atoms with Gasteiger partial charge in [-0.05, 0) is 110 Å². The Bertz CT molecular complexity index is 1720. The van der Waals surface area contributed by atoms with E-state index < -0.39 is 0 Å². The number of nitrogens with one attached hydrogen (secondary N) is 2. The van der Waals surface area contributed by atoms with Gasteiger partial charge in [-0.25, -0.2) is 0 Å². The second-order valence-electron chi connectivity index (χ2n) is 20.0. The number of benzene rings is 2. The Morgan fingerprint density at radius 2 is 1.16 bits per heavy atom. The Kier molecular flexibility index (Phi) is 14.7. The minimum absolute atomic E-state index is 0.000484. The molecule has 0 atom stereocenters. The van der Waals surface area contributed by atoms with E-state index in [2.05, 4.69) is 97.0 Å². The highest BCUT2D eigenvalue weighted by atomic mass is 35.5. The van der Waals surface area contributed by atoms with Crippen LogP contribution in [0.1, 0.15) is 164 Å². The summed E-state index contributed by atoms with van der Waals surface area (Å²) in [5.74, 6) is 0.0838. The Balaban J connectivity index is 0.000000271. The van der Waals surface area contributed by atoms with Crippen molar-refractivity contribution in [3.05, 3.63) is 46.5 Å². The Hall–Kier alpha value is -3.21. The Morgan fingerprint density at radius 3 is 1.61 bits per heavy atom. The maximum atomic E-state index is 12.3. The Morgan fingerprint density at radius 1 is 0.732 bits per heavy atom. The molecule has 0 saturated carbocycles. The van der Waals surface area contributed by atoms with Crippen LogP contribution in [0.25, 0.3) is 16.7 Å². The summed E-state index contributed by atoms with van der Waals surface area (Å²) < 4.78 is 11.6. The van der Waals surface area contributed by atoms with E-state index in [-0.39, 0.29) is 57.5 Å². The second-order valence-corrected chi connectivity index (χ2v) is 20.4. The maximum Gasteiger partial charge on any atom is 0.306 e. The number of carbonyl (C=O) groups excluding carboxylic acids is 2. The number of ether oxygens (including phenoxy) is 2. The van der Waals surface area contributed by atoms with Crippen LogP contribution in [0.5, 0.6) is 5.75 Å². The van der Waals surface area contributed by atoms with Crippen molar-refractivity contribution in [3.63, 3.8) is 0 Å². The van der Waals surface area contributed by atoms with Gasteiger partial charge in [-0.1, -0.05) is 64.1 Å². The molecule has 5 rings (SSSR count). The van der Waals surface area contributed by atoms with Crippen LogP contribution in [0, 0.1) is 6.92 Å². The number of phenols is 1. The van der Waals surface area contributed by atoms with Crippen LogP contribution in [0.4, 0.5) is 0 Å². The third-order valence-corrected chi connectivity index (χ3v) is 10.7. The molecule has 2 aliphatic heterocycles. The summed E-state index contributed by atoms with van der Waals surface area (Å²) in [6.45, 7) is 25.6. The number of hydrogen-bond donors (Lipinski definition) is 3.